The van der Waals surface area contributed by atoms with Crippen LogP contribution in [0.5, 0.6) is 11.5 Å². The van der Waals surface area contributed by atoms with E-state index in [1.54, 1.807) is 6.07 Å². The molecule has 0 saturated carbocycles. The number of aromatic hydroxyl groups is 1. The van der Waals surface area contributed by atoms with Crippen molar-refractivity contribution in [3.8, 4) is 11.5 Å². The van der Waals surface area contributed by atoms with Crippen LogP contribution in [0.1, 0.15) is 48.5 Å². The van der Waals surface area contributed by atoms with E-state index in [9.17, 15) is 9.90 Å². The van der Waals surface area contributed by atoms with Gasteiger partial charge in [0.25, 0.3) is 0 Å². The third kappa shape index (κ3) is 3.04. The summed E-state index contributed by atoms with van der Waals surface area (Å²) >= 11 is 0. The fourth-order valence-electron chi connectivity index (χ4n) is 3.40. The molecule has 5 heteroatoms. The molecule has 1 aromatic carbocycles. The molecule has 1 fully saturated rings. The molecule has 120 valence electrons. The van der Waals surface area contributed by atoms with Crippen LogP contribution in [0.25, 0.3) is 0 Å². The molecule has 3 atom stereocenters. The van der Waals surface area contributed by atoms with Gasteiger partial charge in [0.1, 0.15) is 23.2 Å². The molecule has 0 spiro atoms. The third-order valence-corrected chi connectivity index (χ3v) is 4.40. The minimum atomic E-state index is -0.382. The predicted octanol–water partition coefficient (Wildman–Crippen LogP) is 2.83. The lowest BCUT2D eigenvalue weighted by Crippen LogP contribution is -2.34. The molecule has 2 aliphatic heterocycles. The van der Waals surface area contributed by atoms with Gasteiger partial charge >= 0.3 is 5.97 Å². The van der Waals surface area contributed by atoms with Crippen molar-refractivity contribution < 1.29 is 24.1 Å². The molecule has 0 bridgehead atoms. The smallest absolute Gasteiger partial charge is 0.342 e. The monoisotopic (exact) mass is 306 g/mol. The number of benzene rings is 1. The zero-order chi connectivity index (χ0) is 15.7. The Morgan fingerprint density at radius 3 is 2.86 bits per heavy atom. The standard InChI is InChI=1S/C17H22O5/c1-10-4-3-5-13(21-10)9-14-7-11-6-12(18)8-15(20-2)16(11)17(19)22-14/h6,8,10,13-14,18H,3-5,7,9H2,1-2H3. The van der Waals surface area contributed by atoms with E-state index in [1.807, 2.05) is 0 Å². The van der Waals surface area contributed by atoms with Crippen molar-refractivity contribution in [2.24, 2.45) is 0 Å². The van der Waals surface area contributed by atoms with Crippen LogP contribution in [-0.2, 0) is 15.9 Å². The molecule has 0 amide bonds. The molecule has 0 aromatic heterocycles. The van der Waals surface area contributed by atoms with E-state index in [0.717, 1.165) is 24.8 Å². The first-order valence-corrected chi connectivity index (χ1v) is 7.83. The largest absolute Gasteiger partial charge is 0.508 e. The number of hydrogen-bond acceptors (Lipinski definition) is 5. The van der Waals surface area contributed by atoms with Crippen LogP contribution in [0.4, 0.5) is 0 Å². The average Bonchev–Trinajstić information content (AvgIpc) is 2.45. The van der Waals surface area contributed by atoms with E-state index in [4.69, 9.17) is 14.2 Å². The summed E-state index contributed by atoms with van der Waals surface area (Å²) in [6.07, 6.45) is 4.74. The number of esters is 1. The Morgan fingerprint density at radius 1 is 1.32 bits per heavy atom. The summed E-state index contributed by atoms with van der Waals surface area (Å²) in [6, 6.07) is 3.06. The molecule has 1 saturated heterocycles. The quantitative estimate of drug-likeness (QED) is 0.870. The van der Waals surface area contributed by atoms with Crippen LogP contribution in [0.2, 0.25) is 0 Å². The first-order chi connectivity index (χ1) is 10.6. The molecule has 1 N–H and O–H groups in total. The Hall–Kier alpha value is -1.75. The summed E-state index contributed by atoms with van der Waals surface area (Å²) < 4.78 is 16.6. The maximum Gasteiger partial charge on any atom is 0.342 e. The molecule has 0 aliphatic carbocycles. The minimum Gasteiger partial charge on any atom is -0.508 e. The fraction of sp³-hybridized carbons (Fsp3) is 0.588. The average molecular weight is 306 g/mol. The van der Waals surface area contributed by atoms with Gasteiger partial charge in [-0.25, -0.2) is 4.79 Å². The summed E-state index contributed by atoms with van der Waals surface area (Å²) in [5.41, 5.74) is 1.21. The van der Waals surface area contributed by atoms with Crippen LogP contribution in [0, 0.1) is 0 Å². The molecule has 0 radical (unpaired) electrons. The molecule has 3 unspecified atom stereocenters. The Kier molecular flexibility index (Phi) is 4.25. The van der Waals surface area contributed by atoms with Gasteiger partial charge in [-0.2, -0.15) is 0 Å². The van der Waals surface area contributed by atoms with Gasteiger partial charge in [-0.1, -0.05) is 0 Å². The zero-order valence-corrected chi connectivity index (χ0v) is 13.0. The highest BCUT2D eigenvalue weighted by Crippen LogP contribution is 2.35. The highest BCUT2D eigenvalue weighted by Gasteiger charge is 2.32. The molecule has 5 nitrogen and oxygen atoms in total. The zero-order valence-electron chi connectivity index (χ0n) is 13.0. The molecular formula is C17H22O5. The van der Waals surface area contributed by atoms with Crippen molar-refractivity contribution in [1.82, 2.24) is 0 Å². The molecule has 3 rings (SSSR count). The lowest BCUT2D eigenvalue weighted by molar-refractivity contribution is -0.0647. The number of carbonyl (C=O) groups excluding carboxylic acids is 1. The summed E-state index contributed by atoms with van der Waals surface area (Å²) in [6.45, 7) is 2.08. The number of methoxy groups -OCH3 is 1. The van der Waals surface area contributed by atoms with Gasteiger partial charge in [-0.05, 0) is 37.8 Å². The van der Waals surface area contributed by atoms with Gasteiger partial charge in [-0.15, -0.1) is 0 Å². The number of phenolic OH excluding ortho intramolecular Hbond substituents is 1. The van der Waals surface area contributed by atoms with Crippen molar-refractivity contribution in [2.45, 2.75) is 57.3 Å². The highest BCUT2D eigenvalue weighted by molar-refractivity contribution is 5.95. The maximum atomic E-state index is 12.3. The van der Waals surface area contributed by atoms with E-state index >= 15 is 0 Å². The van der Waals surface area contributed by atoms with E-state index in [0.29, 0.717) is 24.2 Å². The number of rotatable bonds is 3. The summed E-state index contributed by atoms with van der Waals surface area (Å²) in [4.78, 5) is 12.3. The van der Waals surface area contributed by atoms with Gasteiger partial charge in [0.05, 0.1) is 19.3 Å². The van der Waals surface area contributed by atoms with Crippen LogP contribution < -0.4 is 4.74 Å². The number of phenols is 1. The van der Waals surface area contributed by atoms with E-state index in [1.165, 1.54) is 13.2 Å². The molecule has 2 heterocycles. The molecule has 1 aromatic rings. The lowest BCUT2D eigenvalue weighted by atomic mass is 9.92. The molecule has 2 aliphatic rings. The van der Waals surface area contributed by atoms with E-state index in [2.05, 4.69) is 6.92 Å². The molecule has 22 heavy (non-hydrogen) atoms. The van der Waals surface area contributed by atoms with Crippen molar-refractivity contribution in [3.63, 3.8) is 0 Å². The van der Waals surface area contributed by atoms with Gasteiger partial charge < -0.3 is 19.3 Å². The minimum absolute atomic E-state index is 0.103. The van der Waals surface area contributed by atoms with Crippen LogP contribution in [-0.4, -0.2) is 36.5 Å². The van der Waals surface area contributed by atoms with Crippen molar-refractivity contribution >= 4 is 5.97 Å². The van der Waals surface area contributed by atoms with Gasteiger partial charge in [-0.3, -0.25) is 0 Å². The topological polar surface area (TPSA) is 65.0 Å². The first kappa shape index (κ1) is 15.2. The highest BCUT2D eigenvalue weighted by atomic mass is 16.6. The van der Waals surface area contributed by atoms with E-state index < -0.39 is 0 Å². The lowest BCUT2D eigenvalue weighted by Gasteiger charge is -2.32. The Bertz CT molecular complexity index is 568. The van der Waals surface area contributed by atoms with Crippen LogP contribution >= 0.6 is 0 Å². The van der Waals surface area contributed by atoms with Gasteiger partial charge in [0.2, 0.25) is 0 Å². The van der Waals surface area contributed by atoms with Crippen molar-refractivity contribution in [2.75, 3.05) is 7.11 Å². The summed E-state index contributed by atoms with van der Waals surface area (Å²) in [5.74, 6) is 0.0829. The number of fused-ring (bicyclic) bond motifs is 1. The number of ether oxygens (including phenoxy) is 3. The van der Waals surface area contributed by atoms with Crippen molar-refractivity contribution in [3.05, 3.63) is 23.3 Å². The Morgan fingerprint density at radius 2 is 2.14 bits per heavy atom. The summed E-state index contributed by atoms with van der Waals surface area (Å²) in [5, 5.41) is 9.77. The number of cyclic esters (lactones) is 1. The van der Waals surface area contributed by atoms with Gasteiger partial charge in [0, 0.05) is 18.9 Å². The predicted molar refractivity (Wildman–Crippen MR) is 80.4 cm³/mol. The first-order valence-electron chi connectivity index (χ1n) is 7.83. The normalized spacial score (nSPS) is 27.9. The summed E-state index contributed by atoms with van der Waals surface area (Å²) in [7, 11) is 1.48. The van der Waals surface area contributed by atoms with E-state index in [-0.39, 0.29) is 30.0 Å². The Balaban J connectivity index is 1.76. The third-order valence-electron chi connectivity index (χ3n) is 4.40. The Labute approximate surface area is 130 Å². The number of carbonyl (C=O) groups is 1. The van der Waals surface area contributed by atoms with Crippen molar-refractivity contribution in [1.29, 1.82) is 0 Å². The second-order valence-corrected chi connectivity index (χ2v) is 6.15. The molecular weight excluding hydrogens is 284 g/mol. The fourth-order valence-corrected chi connectivity index (χ4v) is 3.40. The SMILES string of the molecule is COc1cc(O)cc2c1C(=O)OC(CC1CCCC(C)O1)C2. The second kappa shape index (κ2) is 6.16. The maximum absolute atomic E-state index is 12.3. The number of hydrogen-bond donors (Lipinski definition) is 1. The second-order valence-electron chi connectivity index (χ2n) is 6.15. The van der Waals surface area contributed by atoms with Crippen LogP contribution in [0.3, 0.4) is 0 Å². The van der Waals surface area contributed by atoms with Gasteiger partial charge in [0.15, 0.2) is 0 Å². The van der Waals surface area contributed by atoms with Crippen LogP contribution in [0.15, 0.2) is 12.1 Å².